The minimum Gasteiger partial charge on any atom is -0.325 e. The quantitative estimate of drug-likeness (QED) is 0.0698. The molecule has 1 atom stereocenters. The summed E-state index contributed by atoms with van der Waals surface area (Å²) >= 11 is 13.7. The van der Waals surface area contributed by atoms with Gasteiger partial charge in [-0.3, -0.25) is 24.5 Å². The van der Waals surface area contributed by atoms with Crippen molar-refractivity contribution in [3.05, 3.63) is 134 Å². The third kappa shape index (κ3) is 8.47. The summed E-state index contributed by atoms with van der Waals surface area (Å²) < 4.78 is 0. The maximum atomic E-state index is 13.4. The highest BCUT2D eigenvalue weighted by Gasteiger charge is 2.19. The Morgan fingerprint density at radius 1 is 0.909 bits per heavy atom. The second-order valence-electron chi connectivity index (χ2n) is 9.51. The van der Waals surface area contributed by atoms with E-state index in [0.717, 1.165) is 0 Å². The molecule has 4 aromatic carbocycles. The lowest BCUT2D eigenvalue weighted by atomic mass is 10.1. The third-order valence-corrected chi connectivity index (χ3v) is 8.20. The van der Waals surface area contributed by atoms with Gasteiger partial charge in [0.05, 0.1) is 25.9 Å². The van der Waals surface area contributed by atoms with Gasteiger partial charge in [0.25, 0.3) is 17.5 Å². The molecule has 0 saturated carbocycles. The SMILES string of the molecule is Cc1ccc([N+](=O)[O-])cc1NC(=O)C(C)Sc1cccc(NC(=O)/C(=C\c2cccc(Cl)c2Cl)NC(=O)c2ccccc2)c1. The second-order valence-corrected chi connectivity index (χ2v) is 11.7. The smallest absolute Gasteiger partial charge is 0.272 e. The number of nitrogens with one attached hydrogen (secondary N) is 3. The number of non-ortho nitro benzene ring substituents is 1. The fourth-order valence-corrected chi connectivity index (χ4v) is 5.21. The Kier molecular flexibility index (Phi) is 10.8. The van der Waals surface area contributed by atoms with Crippen LogP contribution in [0.15, 0.2) is 102 Å². The van der Waals surface area contributed by atoms with Crippen molar-refractivity contribution in [2.24, 2.45) is 0 Å². The number of carbonyl (C=O) groups excluding carboxylic acids is 3. The van der Waals surface area contributed by atoms with E-state index in [1.165, 1.54) is 30.0 Å². The number of nitro benzene ring substituents is 1. The lowest BCUT2D eigenvalue weighted by Gasteiger charge is -2.15. The molecule has 3 amide bonds. The molecule has 12 heteroatoms. The van der Waals surface area contributed by atoms with E-state index in [2.05, 4.69) is 16.0 Å². The number of halogens is 2. The lowest BCUT2D eigenvalue weighted by Crippen LogP contribution is -2.30. The average molecular weight is 650 g/mol. The van der Waals surface area contributed by atoms with E-state index in [1.807, 2.05) is 0 Å². The summed E-state index contributed by atoms with van der Waals surface area (Å²) in [5.41, 5.74) is 2.05. The number of benzene rings is 4. The van der Waals surface area contributed by atoms with Crippen LogP contribution in [0.5, 0.6) is 0 Å². The predicted molar refractivity (Wildman–Crippen MR) is 175 cm³/mol. The molecular weight excluding hydrogens is 623 g/mol. The van der Waals surface area contributed by atoms with Gasteiger partial charge in [0, 0.05) is 28.3 Å². The van der Waals surface area contributed by atoms with E-state index in [1.54, 1.807) is 92.7 Å². The topological polar surface area (TPSA) is 130 Å². The molecule has 9 nitrogen and oxygen atoms in total. The van der Waals surface area contributed by atoms with Crippen LogP contribution in [0, 0.1) is 17.0 Å². The molecular formula is C32H26Cl2N4O5S. The molecule has 0 spiro atoms. The van der Waals surface area contributed by atoms with Crippen molar-refractivity contribution in [2.45, 2.75) is 24.0 Å². The highest BCUT2D eigenvalue weighted by atomic mass is 35.5. The van der Waals surface area contributed by atoms with E-state index < -0.39 is 22.0 Å². The number of amides is 3. The van der Waals surface area contributed by atoms with Crippen molar-refractivity contribution < 1.29 is 19.3 Å². The Labute approximate surface area is 267 Å². The van der Waals surface area contributed by atoms with Crippen LogP contribution in [0.2, 0.25) is 10.0 Å². The maximum Gasteiger partial charge on any atom is 0.272 e. The van der Waals surface area contributed by atoms with Gasteiger partial charge in [0.2, 0.25) is 5.91 Å². The maximum absolute atomic E-state index is 13.4. The Morgan fingerprint density at radius 3 is 2.36 bits per heavy atom. The average Bonchev–Trinajstić information content (AvgIpc) is 3.00. The van der Waals surface area contributed by atoms with Gasteiger partial charge < -0.3 is 16.0 Å². The fourth-order valence-electron chi connectivity index (χ4n) is 3.93. The van der Waals surface area contributed by atoms with E-state index in [-0.39, 0.29) is 27.3 Å². The molecule has 4 aromatic rings. The fraction of sp³-hybridized carbons (Fsp3) is 0.0938. The van der Waals surface area contributed by atoms with Gasteiger partial charge >= 0.3 is 0 Å². The summed E-state index contributed by atoms with van der Waals surface area (Å²) in [5.74, 6) is -1.45. The standard InChI is InChI=1S/C32H26Cl2N4O5S/c1-19-14-15-24(38(42)43)18-27(19)36-30(39)20(2)44-25-12-7-11-23(17-25)35-32(41)28(16-22-10-6-13-26(33)29(22)34)37-31(40)21-8-4-3-5-9-21/h3-18,20H,1-2H3,(H,35,41)(H,36,39)(H,37,40)/b28-16+. The number of hydrogen-bond acceptors (Lipinski definition) is 6. The molecule has 3 N–H and O–H groups in total. The van der Waals surface area contributed by atoms with Gasteiger partial charge in [-0.25, -0.2) is 0 Å². The number of hydrogen-bond donors (Lipinski definition) is 3. The molecule has 0 heterocycles. The van der Waals surface area contributed by atoms with Gasteiger partial charge in [0.1, 0.15) is 5.70 Å². The first-order chi connectivity index (χ1) is 21.0. The molecule has 0 aromatic heterocycles. The minimum atomic E-state index is -0.612. The van der Waals surface area contributed by atoms with Crippen molar-refractivity contribution in [3.8, 4) is 0 Å². The first-order valence-electron chi connectivity index (χ1n) is 13.2. The highest BCUT2D eigenvalue weighted by molar-refractivity contribution is 8.00. The molecule has 224 valence electrons. The van der Waals surface area contributed by atoms with Gasteiger partial charge in [-0.05, 0) is 67.4 Å². The molecule has 0 bridgehead atoms. The van der Waals surface area contributed by atoms with Crippen LogP contribution >= 0.6 is 35.0 Å². The Hall–Kier alpha value is -4.64. The third-order valence-electron chi connectivity index (χ3n) is 6.27. The Morgan fingerprint density at radius 2 is 1.64 bits per heavy atom. The number of rotatable bonds is 10. The number of nitro groups is 1. The summed E-state index contributed by atoms with van der Waals surface area (Å²) in [6.45, 7) is 3.45. The molecule has 4 rings (SSSR count). The number of nitrogens with zero attached hydrogens (tertiary/aromatic N) is 1. The van der Waals surface area contributed by atoms with Crippen molar-refractivity contribution >= 4 is 75.8 Å². The van der Waals surface area contributed by atoms with E-state index in [9.17, 15) is 24.5 Å². The molecule has 0 radical (unpaired) electrons. The zero-order valence-electron chi connectivity index (χ0n) is 23.5. The van der Waals surface area contributed by atoms with E-state index >= 15 is 0 Å². The summed E-state index contributed by atoms with van der Waals surface area (Å²) in [6.07, 6.45) is 1.44. The summed E-state index contributed by atoms with van der Waals surface area (Å²) in [7, 11) is 0. The number of anilines is 2. The Bertz CT molecular complexity index is 1770. The highest BCUT2D eigenvalue weighted by Crippen LogP contribution is 2.29. The Balaban J connectivity index is 1.50. The van der Waals surface area contributed by atoms with Crippen molar-refractivity contribution in [3.63, 3.8) is 0 Å². The second kappa shape index (κ2) is 14.7. The van der Waals surface area contributed by atoms with Gasteiger partial charge in [-0.1, -0.05) is 65.7 Å². The molecule has 0 saturated heterocycles. The largest absolute Gasteiger partial charge is 0.325 e. The van der Waals surface area contributed by atoms with E-state index in [0.29, 0.717) is 33.0 Å². The minimum absolute atomic E-state index is 0.0684. The summed E-state index contributed by atoms with van der Waals surface area (Å²) in [5, 5.41) is 19.3. The lowest BCUT2D eigenvalue weighted by molar-refractivity contribution is -0.384. The first-order valence-corrected chi connectivity index (χ1v) is 14.8. The van der Waals surface area contributed by atoms with Gasteiger partial charge in [0.15, 0.2) is 0 Å². The van der Waals surface area contributed by atoms with Crippen LogP contribution in [0.4, 0.5) is 17.1 Å². The van der Waals surface area contributed by atoms with Crippen molar-refractivity contribution in [1.29, 1.82) is 0 Å². The van der Waals surface area contributed by atoms with Crippen LogP contribution in [-0.2, 0) is 9.59 Å². The molecule has 44 heavy (non-hydrogen) atoms. The molecule has 0 aliphatic heterocycles. The van der Waals surface area contributed by atoms with Crippen molar-refractivity contribution in [2.75, 3.05) is 10.6 Å². The summed E-state index contributed by atoms with van der Waals surface area (Å²) in [6, 6.07) is 24.5. The zero-order valence-corrected chi connectivity index (χ0v) is 25.8. The van der Waals surface area contributed by atoms with Crippen LogP contribution in [0.1, 0.15) is 28.4 Å². The number of aryl methyl sites for hydroxylation is 1. The van der Waals surface area contributed by atoms with E-state index in [4.69, 9.17) is 23.2 Å². The molecule has 0 fully saturated rings. The van der Waals surface area contributed by atoms with Crippen LogP contribution in [0.25, 0.3) is 6.08 Å². The number of carbonyl (C=O) groups is 3. The van der Waals surface area contributed by atoms with Crippen molar-refractivity contribution in [1.82, 2.24) is 5.32 Å². The predicted octanol–water partition coefficient (Wildman–Crippen LogP) is 7.74. The van der Waals surface area contributed by atoms with Crippen LogP contribution in [0.3, 0.4) is 0 Å². The zero-order chi connectivity index (χ0) is 31.8. The van der Waals surface area contributed by atoms with Crippen LogP contribution in [-0.4, -0.2) is 27.9 Å². The number of thioether (sulfide) groups is 1. The van der Waals surface area contributed by atoms with Crippen LogP contribution < -0.4 is 16.0 Å². The first kappa shape index (κ1) is 32.3. The van der Waals surface area contributed by atoms with Gasteiger partial charge in [-0.2, -0.15) is 0 Å². The molecule has 0 aliphatic carbocycles. The van der Waals surface area contributed by atoms with Gasteiger partial charge in [-0.15, -0.1) is 11.8 Å². The molecule has 0 aliphatic rings. The molecule has 1 unspecified atom stereocenters. The normalized spacial score (nSPS) is 11.8. The monoisotopic (exact) mass is 648 g/mol. The summed E-state index contributed by atoms with van der Waals surface area (Å²) in [4.78, 5) is 50.6.